The van der Waals surface area contributed by atoms with Crippen LogP contribution in [0.3, 0.4) is 0 Å². The van der Waals surface area contributed by atoms with Crippen molar-refractivity contribution >= 4 is 11.9 Å². The lowest BCUT2D eigenvalue weighted by Crippen LogP contribution is -2.03. The number of hydrogen-bond acceptors (Lipinski definition) is 2. The zero-order valence-corrected chi connectivity index (χ0v) is 9.66. The minimum absolute atomic E-state index is 0.874. The number of benzene rings is 1. The van der Waals surface area contributed by atoms with E-state index in [0.29, 0.717) is 0 Å². The number of fused-ring (bicyclic) bond motifs is 1. The molecule has 3 heteroatoms. The zero-order chi connectivity index (χ0) is 11.7. The van der Waals surface area contributed by atoms with E-state index in [1.165, 1.54) is 11.1 Å². The summed E-state index contributed by atoms with van der Waals surface area (Å²) in [7, 11) is 1.70. The standard InChI is InChI=1S/C14H14N2O/c1-17-13-7-3-2-5-10(13)12-9-16-14-11(12)6-4-8-15-14/h2-7,9,15-16H,8H2,1H3. The summed E-state index contributed by atoms with van der Waals surface area (Å²) < 4.78 is 5.40. The summed E-state index contributed by atoms with van der Waals surface area (Å²) in [4.78, 5) is 3.26. The number of rotatable bonds is 2. The first-order valence-corrected chi connectivity index (χ1v) is 5.65. The van der Waals surface area contributed by atoms with Gasteiger partial charge in [-0.2, -0.15) is 0 Å². The molecule has 1 aromatic carbocycles. The molecule has 0 saturated carbocycles. The molecule has 0 bridgehead atoms. The van der Waals surface area contributed by atoms with Gasteiger partial charge in [-0.1, -0.05) is 30.4 Å². The number of H-pyrrole nitrogens is 1. The van der Waals surface area contributed by atoms with Crippen LogP contribution >= 0.6 is 0 Å². The van der Waals surface area contributed by atoms with Gasteiger partial charge in [-0.15, -0.1) is 0 Å². The van der Waals surface area contributed by atoms with Gasteiger partial charge in [0.05, 0.1) is 7.11 Å². The Labute approximate surface area is 100 Å². The minimum Gasteiger partial charge on any atom is -0.496 e. The first-order valence-electron chi connectivity index (χ1n) is 5.65. The molecule has 2 aromatic rings. The molecule has 0 unspecified atom stereocenters. The quantitative estimate of drug-likeness (QED) is 0.825. The Morgan fingerprint density at radius 1 is 1.18 bits per heavy atom. The monoisotopic (exact) mass is 226 g/mol. The summed E-state index contributed by atoms with van der Waals surface area (Å²) in [5.41, 5.74) is 3.47. The number of para-hydroxylation sites is 1. The van der Waals surface area contributed by atoms with Crippen molar-refractivity contribution in [2.24, 2.45) is 0 Å². The third kappa shape index (κ3) is 1.60. The van der Waals surface area contributed by atoms with Crippen molar-refractivity contribution in [3.8, 4) is 16.9 Å². The largest absolute Gasteiger partial charge is 0.496 e. The Kier molecular flexibility index (Phi) is 2.37. The predicted octanol–water partition coefficient (Wildman–Crippen LogP) is 3.13. The molecule has 0 saturated heterocycles. The number of hydrogen-bond donors (Lipinski definition) is 2. The Balaban J connectivity index is 2.16. The van der Waals surface area contributed by atoms with Gasteiger partial charge in [-0.05, 0) is 6.07 Å². The summed E-state index contributed by atoms with van der Waals surface area (Å²) in [5.74, 6) is 1.97. The van der Waals surface area contributed by atoms with Crippen LogP contribution in [0.2, 0.25) is 0 Å². The number of ether oxygens (including phenoxy) is 1. The van der Waals surface area contributed by atoms with Gasteiger partial charge in [0, 0.05) is 29.4 Å². The fourth-order valence-corrected chi connectivity index (χ4v) is 2.18. The third-order valence-corrected chi connectivity index (χ3v) is 3.00. The van der Waals surface area contributed by atoms with Crippen LogP contribution < -0.4 is 10.1 Å². The zero-order valence-electron chi connectivity index (χ0n) is 9.66. The highest BCUT2D eigenvalue weighted by Crippen LogP contribution is 2.36. The van der Waals surface area contributed by atoms with E-state index < -0.39 is 0 Å². The van der Waals surface area contributed by atoms with Gasteiger partial charge < -0.3 is 15.0 Å². The molecule has 0 atom stereocenters. The lowest BCUT2D eigenvalue weighted by atomic mass is 10.0. The van der Waals surface area contributed by atoms with Crippen LogP contribution in [0.5, 0.6) is 5.75 Å². The van der Waals surface area contributed by atoms with Gasteiger partial charge in [0.15, 0.2) is 0 Å². The topological polar surface area (TPSA) is 37.0 Å². The van der Waals surface area contributed by atoms with Gasteiger partial charge in [0.1, 0.15) is 11.6 Å². The lowest BCUT2D eigenvalue weighted by Gasteiger charge is -2.11. The fraction of sp³-hybridized carbons (Fsp3) is 0.143. The molecular formula is C14H14N2O. The highest BCUT2D eigenvalue weighted by atomic mass is 16.5. The normalized spacial score (nSPS) is 13.0. The van der Waals surface area contributed by atoms with Crippen molar-refractivity contribution in [2.45, 2.75) is 0 Å². The molecular weight excluding hydrogens is 212 g/mol. The SMILES string of the molecule is COc1ccccc1-c1c[nH]c2c1C=CCN2. The molecule has 0 amide bonds. The second-order valence-corrected chi connectivity index (χ2v) is 3.97. The fourth-order valence-electron chi connectivity index (χ4n) is 2.18. The minimum atomic E-state index is 0.874. The molecule has 0 fully saturated rings. The number of methoxy groups -OCH3 is 1. The van der Waals surface area contributed by atoms with Crippen molar-refractivity contribution in [3.63, 3.8) is 0 Å². The Hall–Kier alpha value is -2.16. The van der Waals surface area contributed by atoms with Gasteiger partial charge >= 0.3 is 0 Å². The maximum Gasteiger partial charge on any atom is 0.126 e. The molecule has 1 aliphatic rings. The van der Waals surface area contributed by atoms with Crippen molar-refractivity contribution < 1.29 is 4.74 Å². The first kappa shape index (κ1) is 10.0. The molecule has 0 aliphatic carbocycles. The summed E-state index contributed by atoms with van der Waals surface area (Å²) in [6, 6.07) is 8.06. The predicted molar refractivity (Wildman–Crippen MR) is 70.3 cm³/mol. The number of aromatic amines is 1. The second-order valence-electron chi connectivity index (χ2n) is 3.97. The number of nitrogens with one attached hydrogen (secondary N) is 2. The van der Waals surface area contributed by atoms with E-state index in [1.54, 1.807) is 7.11 Å². The second kappa shape index (κ2) is 4.01. The maximum atomic E-state index is 5.40. The van der Waals surface area contributed by atoms with E-state index in [0.717, 1.165) is 23.7 Å². The van der Waals surface area contributed by atoms with Gasteiger partial charge in [-0.3, -0.25) is 0 Å². The highest BCUT2D eigenvalue weighted by molar-refractivity contribution is 5.85. The summed E-state index contributed by atoms with van der Waals surface area (Å²) in [6.45, 7) is 0.874. The van der Waals surface area contributed by atoms with E-state index in [9.17, 15) is 0 Å². The summed E-state index contributed by atoms with van der Waals surface area (Å²) in [6.07, 6.45) is 6.28. The molecule has 3 nitrogen and oxygen atoms in total. The third-order valence-electron chi connectivity index (χ3n) is 3.00. The molecule has 1 aliphatic heterocycles. The molecule has 2 N–H and O–H groups in total. The van der Waals surface area contributed by atoms with Crippen LogP contribution in [0.4, 0.5) is 5.82 Å². The molecule has 0 radical (unpaired) electrons. The van der Waals surface area contributed by atoms with E-state index in [-0.39, 0.29) is 0 Å². The maximum absolute atomic E-state index is 5.40. The van der Waals surface area contributed by atoms with Crippen LogP contribution in [-0.4, -0.2) is 18.6 Å². The Morgan fingerprint density at radius 2 is 2.06 bits per heavy atom. The molecule has 86 valence electrons. The van der Waals surface area contributed by atoms with Crippen molar-refractivity contribution in [1.82, 2.24) is 4.98 Å². The average Bonchev–Trinajstić information content (AvgIpc) is 2.82. The lowest BCUT2D eigenvalue weighted by molar-refractivity contribution is 0.416. The van der Waals surface area contributed by atoms with Gasteiger partial charge in [-0.25, -0.2) is 0 Å². The number of anilines is 1. The molecule has 17 heavy (non-hydrogen) atoms. The van der Waals surface area contributed by atoms with E-state index >= 15 is 0 Å². The van der Waals surface area contributed by atoms with E-state index in [2.05, 4.69) is 28.5 Å². The smallest absolute Gasteiger partial charge is 0.126 e. The summed E-state index contributed by atoms with van der Waals surface area (Å²) in [5, 5.41) is 3.31. The molecule has 0 spiro atoms. The van der Waals surface area contributed by atoms with E-state index in [1.807, 2.05) is 24.4 Å². The Morgan fingerprint density at radius 3 is 2.94 bits per heavy atom. The van der Waals surface area contributed by atoms with Crippen molar-refractivity contribution in [1.29, 1.82) is 0 Å². The van der Waals surface area contributed by atoms with Gasteiger partial charge in [0.25, 0.3) is 0 Å². The van der Waals surface area contributed by atoms with Crippen LogP contribution in [-0.2, 0) is 0 Å². The average molecular weight is 226 g/mol. The molecule has 2 heterocycles. The molecule has 3 rings (SSSR count). The van der Waals surface area contributed by atoms with Crippen LogP contribution in [0.25, 0.3) is 17.2 Å². The highest BCUT2D eigenvalue weighted by Gasteiger charge is 2.15. The van der Waals surface area contributed by atoms with Gasteiger partial charge in [0.2, 0.25) is 0 Å². The molecule has 1 aromatic heterocycles. The van der Waals surface area contributed by atoms with Crippen LogP contribution in [0.1, 0.15) is 5.56 Å². The van der Waals surface area contributed by atoms with Crippen molar-refractivity contribution in [2.75, 3.05) is 19.0 Å². The van der Waals surface area contributed by atoms with Crippen molar-refractivity contribution in [3.05, 3.63) is 42.1 Å². The first-order chi connectivity index (χ1) is 8.40. The van der Waals surface area contributed by atoms with Crippen LogP contribution in [0, 0.1) is 0 Å². The Bertz CT molecular complexity index is 569. The number of aromatic nitrogens is 1. The van der Waals surface area contributed by atoms with Crippen LogP contribution in [0.15, 0.2) is 36.5 Å². The summed E-state index contributed by atoms with van der Waals surface area (Å²) >= 11 is 0. The van der Waals surface area contributed by atoms with E-state index in [4.69, 9.17) is 4.74 Å².